The van der Waals surface area contributed by atoms with Crippen LogP contribution < -0.4 is 20.2 Å². The molecule has 0 saturated carbocycles. The molecule has 0 aromatic heterocycles. The third-order valence-corrected chi connectivity index (χ3v) is 4.46. The van der Waals surface area contributed by atoms with Gasteiger partial charge in [0.25, 0.3) is 0 Å². The van der Waals surface area contributed by atoms with E-state index in [-0.39, 0.29) is 0 Å². The number of rotatable bonds is 7. The van der Waals surface area contributed by atoms with Crippen molar-refractivity contribution in [3.05, 3.63) is 89.5 Å². The molecule has 8 nitrogen and oxygen atoms in total. The molecule has 0 atom stereocenters. The second-order valence-electron chi connectivity index (χ2n) is 6.88. The highest BCUT2D eigenvalue weighted by Crippen LogP contribution is 2.16. The highest BCUT2D eigenvalue weighted by atomic mass is 16.5. The van der Waals surface area contributed by atoms with Crippen molar-refractivity contribution in [1.82, 2.24) is 5.43 Å². The third kappa shape index (κ3) is 6.76. The molecule has 0 aliphatic rings. The number of nitrogens with zero attached hydrogens (tertiary/aromatic N) is 1. The van der Waals surface area contributed by atoms with Crippen molar-refractivity contribution in [3.63, 3.8) is 0 Å². The normalized spacial score (nSPS) is 10.5. The van der Waals surface area contributed by atoms with Gasteiger partial charge in [-0.25, -0.2) is 10.2 Å². The first kappa shape index (κ1) is 23.2. The number of hydrogen-bond acceptors (Lipinski definition) is 6. The Balaban J connectivity index is 1.49. The Bertz CT molecular complexity index is 1160. The Morgan fingerprint density at radius 1 is 0.879 bits per heavy atom. The predicted octanol–water partition coefficient (Wildman–Crippen LogP) is 3.70. The van der Waals surface area contributed by atoms with E-state index in [1.807, 2.05) is 26.0 Å². The molecule has 3 aromatic rings. The van der Waals surface area contributed by atoms with Gasteiger partial charge in [0.15, 0.2) is 0 Å². The molecule has 8 heteroatoms. The number of amides is 2. The number of nitrogens with one attached hydrogen (secondary N) is 2. The molecular formula is C25H23N3O5. The van der Waals surface area contributed by atoms with Crippen LogP contribution in [0.15, 0.2) is 77.9 Å². The number of ether oxygens (including phenoxy) is 2. The maximum Gasteiger partial charge on any atom is 0.343 e. The molecule has 0 bridgehead atoms. The van der Waals surface area contributed by atoms with E-state index in [2.05, 4.69) is 15.8 Å². The number of hydrazone groups is 1. The number of aryl methyl sites for hydroxylation is 1. The van der Waals surface area contributed by atoms with Crippen LogP contribution >= 0.6 is 0 Å². The Labute approximate surface area is 191 Å². The van der Waals surface area contributed by atoms with Crippen molar-refractivity contribution < 1.29 is 23.9 Å². The lowest BCUT2D eigenvalue weighted by Gasteiger charge is -2.07. The van der Waals surface area contributed by atoms with Gasteiger partial charge in [0.1, 0.15) is 11.5 Å². The summed E-state index contributed by atoms with van der Waals surface area (Å²) in [7, 11) is 0. The van der Waals surface area contributed by atoms with Crippen LogP contribution in [0, 0.1) is 6.92 Å². The summed E-state index contributed by atoms with van der Waals surface area (Å²) in [5, 5.41) is 6.25. The van der Waals surface area contributed by atoms with Crippen molar-refractivity contribution in [2.75, 3.05) is 11.9 Å². The minimum absolute atomic E-state index is 0.374. The second kappa shape index (κ2) is 11.2. The third-order valence-electron chi connectivity index (χ3n) is 4.46. The molecule has 3 rings (SSSR count). The number of hydrogen-bond donors (Lipinski definition) is 2. The number of anilines is 1. The predicted molar refractivity (Wildman–Crippen MR) is 125 cm³/mol. The lowest BCUT2D eigenvalue weighted by molar-refractivity contribution is -0.136. The van der Waals surface area contributed by atoms with Crippen LogP contribution in [-0.2, 0) is 9.59 Å². The minimum atomic E-state index is -0.913. The molecule has 168 valence electrons. The number of carbonyl (C=O) groups excluding carboxylic acids is 3. The summed E-state index contributed by atoms with van der Waals surface area (Å²) in [5.41, 5.74) is 4.58. The van der Waals surface area contributed by atoms with Gasteiger partial charge in [-0.15, -0.1) is 0 Å². The SMILES string of the molecule is CCOc1ccc(NC(=O)C(=O)NN=Cc2ccc(OC(=O)c3ccccc3C)cc2)cc1. The first-order valence-electron chi connectivity index (χ1n) is 10.2. The lowest BCUT2D eigenvalue weighted by Crippen LogP contribution is -2.32. The highest BCUT2D eigenvalue weighted by Gasteiger charge is 2.13. The van der Waals surface area contributed by atoms with Gasteiger partial charge in [-0.3, -0.25) is 9.59 Å². The molecule has 33 heavy (non-hydrogen) atoms. The monoisotopic (exact) mass is 445 g/mol. The zero-order valence-electron chi connectivity index (χ0n) is 18.2. The van der Waals surface area contributed by atoms with E-state index in [0.717, 1.165) is 5.56 Å². The average molecular weight is 445 g/mol. The fourth-order valence-electron chi connectivity index (χ4n) is 2.79. The molecule has 2 N–H and O–H groups in total. The molecule has 0 radical (unpaired) electrons. The quantitative estimate of drug-likeness (QED) is 0.190. The molecule has 0 aliphatic heterocycles. The van der Waals surface area contributed by atoms with E-state index in [1.54, 1.807) is 60.7 Å². The van der Waals surface area contributed by atoms with E-state index in [4.69, 9.17) is 9.47 Å². The fourth-order valence-corrected chi connectivity index (χ4v) is 2.79. The Morgan fingerprint density at radius 2 is 1.55 bits per heavy atom. The molecule has 3 aromatic carbocycles. The average Bonchev–Trinajstić information content (AvgIpc) is 2.81. The molecule has 0 aliphatic carbocycles. The van der Waals surface area contributed by atoms with Crippen LogP contribution in [0.1, 0.15) is 28.4 Å². The van der Waals surface area contributed by atoms with Gasteiger partial charge in [-0.05, 0) is 79.6 Å². The fraction of sp³-hybridized carbons (Fsp3) is 0.120. The summed E-state index contributed by atoms with van der Waals surface area (Å²) < 4.78 is 10.7. The largest absolute Gasteiger partial charge is 0.494 e. The summed E-state index contributed by atoms with van der Waals surface area (Å²) in [4.78, 5) is 36.2. The van der Waals surface area contributed by atoms with Crippen LogP contribution in [0.25, 0.3) is 0 Å². The van der Waals surface area contributed by atoms with E-state index < -0.39 is 17.8 Å². The number of benzene rings is 3. The van der Waals surface area contributed by atoms with Crippen molar-refractivity contribution in [2.24, 2.45) is 5.10 Å². The molecule has 0 heterocycles. The lowest BCUT2D eigenvalue weighted by atomic mass is 10.1. The molecule has 2 amide bonds. The van der Waals surface area contributed by atoms with Crippen molar-refractivity contribution in [3.8, 4) is 11.5 Å². The van der Waals surface area contributed by atoms with Crippen LogP contribution in [0.3, 0.4) is 0 Å². The smallest absolute Gasteiger partial charge is 0.343 e. The summed E-state index contributed by atoms with van der Waals surface area (Å²) in [6.07, 6.45) is 1.37. The molecule has 0 spiro atoms. The van der Waals surface area contributed by atoms with Crippen molar-refractivity contribution in [1.29, 1.82) is 0 Å². The highest BCUT2D eigenvalue weighted by molar-refractivity contribution is 6.39. The first-order chi connectivity index (χ1) is 16.0. The van der Waals surface area contributed by atoms with Crippen molar-refractivity contribution >= 4 is 29.7 Å². The van der Waals surface area contributed by atoms with Gasteiger partial charge in [0, 0.05) is 5.69 Å². The maximum atomic E-state index is 12.3. The molecular weight excluding hydrogens is 422 g/mol. The standard InChI is InChI=1S/C25H23N3O5/c1-3-32-20-14-10-19(11-15-20)27-23(29)24(30)28-26-16-18-8-12-21(13-9-18)33-25(31)22-7-5-4-6-17(22)2/h4-16H,3H2,1-2H3,(H,27,29)(H,28,30). The van der Waals surface area contributed by atoms with Gasteiger partial charge in [-0.1, -0.05) is 18.2 Å². The van der Waals surface area contributed by atoms with Crippen LogP contribution in [0.5, 0.6) is 11.5 Å². The number of carbonyl (C=O) groups is 3. The Kier molecular flexibility index (Phi) is 7.91. The molecule has 0 saturated heterocycles. The van der Waals surface area contributed by atoms with Crippen LogP contribution in [0.2, 0.25) is 0 Å². The van der Waals surface area contributed by atoms with Crippen LogP contribution in [-0.4, -0.2) is 30.6 Å². The van der Waals surface area contributed by atoms with Gasteiger partial charge >= 0.3 is 17.8 Å². The zero-order valence-corrected chi connectivity index (χ0v) is 18.2. The summed E-state index contributed by atoms with van der Waals surface area (Å²) in [6.45, 7) is 4.24. The topological polar surface area (TPSA) is 106 Å². The van der Waals surface area contributed by atoms with Gasteiger partial charge in [-0.2, -0.15) is 5.10 Å². The summed E-state index contributed by atoms with van der Waals surface area (Å²) in [6, 6.07) is 20.4. The second-order valence-corrected chi connectivity index (χ2v) is 6.88. The minimum Gasteiger partial charge on any atom is -0.494 e. The zero-order chi connectivity index (χ0) is 23.6. The number of esters is 1. The van der Waals surface area contributed by atoms with E-state index in [1.165, 1.54) is 6.21 Å². The van der Waals surface area contributed by atoms with Crippen LogP contribution in [0.4, 0.5) is 5.69 Å². The Hall–Kier alpha value is -4.46. The maximum absolute atomic E-state index is 12.3. The van der Waals surface area contributed by atoms with Gasteiger partial charge in [0.05, 0.1) is 18.4 Å². The Morgan fingerprint density at radius 3 is 2.21 bits per heavy atom. The van der Waals surface area contributed by atoms with Gasteiger partial charge in [0.2, 0.25) is 0 Å². The van der Waals surface area contributed by atoms with E-state index >= 15 is 0 Å². The van der Waals surface area contributed by atoms with Gasteiger partial charge < -0.3 is 14.8 Å². The first-order valence-corrected chi connectivity index (χ1v) is 10.2. The van der Waals surface area contributed by atoms with E-state index in [0.29, 0.717) is 34.9 Å². The molecule has 0 fully saturated rings. The van der Waals surface area contributed by atoms with Crippen molar-refractivity contribution in [2.45, 2.75) is 13.8 Å². The molecule has 0 unspecified atom stereocenters. The van der Waals surface area contributed by atoms with E-state index in [9.17, 15) is 14.4 Å². The summed E-state index contributed by atoms with van der Waals surface area (Å²) >= 11 is 0. The summed E-state index contributed by atoms with van der Waals surface area (Å²) in [5.74, 6) is -1.17.